The minimum Gasteiger partial charge on any atom is -0.508 e. The van der Waals surface area contributed by atoms with Crippen LogP contribution in [0.25, 0.3) is 16.9 Å². The van der Waals surface area contributed by atoms with Crippen molar-refractivity contribution in [3.05, 3.63) is 69.5 Å². The predicted molar refractivity (Wildman–Crippen MR) is 162 cm³/mol. The molecule has 3 aliphatic rings. The molecule has 0 heterocycles. The van der Waals surface area contributed by atoms with Gasteiger partial charge >= 0.3 is 0 Å². The number of nitrogens with two attached hydrogens (primary N) is 1. The Morgan fingerprint density at radius 1 is 1.07 bits per heavy atom. The van der Waals surface area contributed by atoms with Crippen molar-refractivity contribution in [2.45, 2.75) is 72.1 Å². The van der Waals surface area contributed by atoms with Crippen LogP contribution in [0.4, 0.5) is 0 Å². The quantitative estimate of drug-likeness (QED) is 0.263. The largest absolute Gasteiger partial charge is 0.508 e. The van der Waals surface area contributed by atoms with Crippen molar-refractivity contribution >= 4 is 23.2 Å². The topological polar surface area (TPSA) is 170 Å². The van der Waals surface area contributed by atoms with E-state index < -0.39 is 57.9 Å². The molecule has 1 amide bonds. The van der Waals surface area contributed by atoms with Crippen LogP contribution in [0.15, 0.2) is 47.2 Å². The molecule has 2 aromatic carbocycles. The molecular weight excluding hydrogens is 548 g/mol. The van der Waals surface area contributed by atoms with Crippen LogP contribution in [0.5, 0.6) is 5.75 Å². The molecule has 4 atom stereocenters. The minimum atomic E-state index is -2.62. The number of carbonyl (C=O) groups excluding carboxylic acids is 3. The van der Waals surface area contributed by atoms with Crippen molar-refractivity contribution in [2.24, 2.45) is 29.4 Å². The van der Waals surface area contributed by atoms with Gasteiger partial charge in [0.15, 0.2) is 11.4 Å². The third kappa shape index (κ3) is 4.66. The first-order valence-electron chi connectivity index (χ1n) is 14.9. The number of nitrogens with one attached hydrogen (secondary N) is 1. The van der Waals surface area contributed by atoms with Gasteiger partial charge in [0.1, 0.15) is 22.8 Å². The number of amides is 1. The number of fused-ring (bicyclic) bond motifs is 3. The highest BCUT2D eigenvalue weighted by molar-refractivity contribution is 6.23. The Balaban J connectivity index is 1.70. The SMILES string of the molecule is CCc1ccc(CNC(C)C)cc1-c1ccc(O)c2c1C[C@H]1C[C@H]3[C@H](C(C)C)C(=O)C(C(N)=O)=C(O)[C@@]3(O)C(=O)C1=C2O. The van der Waals surface area contributed by atoms with Gasteiger partial charge in [0.25, 0.3) is 5.91 Å². The molecule has 9 heteroatoms. The smallest absolute Gasteiger partial charge is 0.255 e. The predicted octanol–water partition coefficient (Wildman–Crippen LogP) is 4.03. The van der Waals surface area contributed by atoms with Crippen molar-refractivity contribution in [2.75, 3.05) is 0 Å². The molecule has 1 fully saturated rings. The summed E-state index contributed by atoms with van der Waals surface area (Å²) in [7, 11) is 0. The Labute approximate surface area is 251 Å². The number of Topliss-reactive ketones (excluding diaryl/α,β-unsaturated/α-hetero) is 2. The second-order valence-electron chi connectivity index (χ2n) is 12.7. The van der Waals surface area contributed by atoms with E-state index in [0.29, 0.717) is 18.2 Å². The number of aliphatic hydroxyl groups is 3. The maximum absolute atomic E-state index is 14.1. The fourth-order valence-electron chi connectivity index (χ4n) is 7.35. The molecule has 228 valence electrons. The molecule has 1 saturated carbocycles. The van der Waals surface area contributed by atoms with Gasteiger partial charge in [-0.15, -0.1) is 0 Å². The van der Waals surface area contributed by atoms with Crippen molar-refractivity contribution in [3.8, 4) is 16.9 Å². The molecule has 2 aromatic rings. The van der Waals surface area contributed by atoms with Crippen LogP contribution in [-0.2, 0) is 33.8 Å². The van der Waals surface area contributed by atoms with Gasteiger partial charge < -0.3 is 31.5 Å². The molecule has 9 nitrogen and oxygen atoms in total. The molecule has 0 bridgehead atoms. The Morgan fingerprint density at radius 2 is 1.77 bits per heavy atom. The lowest BCUT2D eigenvalue weighted by Crippen LogP contribution is -2.62. The monoisotopic (exact) mass is 588 g/mol. The Morgan fingerprint density at radius 3 is 2.37 bits per heavy atom. The fraction of sp³-hybridized carbons (Fsp3) is 0.441. The zero-order chi connectivity index (χ0) is 31.5. The summed E-state index contributed by atoms with van der Waals surface area (Å²) >= 11 is 0. The number of rotatable bonds is 7. The average Bonchev–Trinajstić information content (AvgIpc) is 2.93. The third-order valence-corrected chi connectivity index (χ3v) is 9.41. The van der Waals surface area contributed by atoms with E-state index in [0.717, 1.165) is 28.7 Å². The number of aliphatic hydroxyl groups excluding tert-OH is 2. The highest BCUT2D eigenvalue weighted by Gasteiger charge is 2.64. The van der Waals surface area contributed by atoms with Crippen LogP contribution < -0.4 is 11.1 Å². The van der Waals surface area contributed by atoms with E-state index in [-0.39, 0.29) is 35.6 Å². The van der Waals surface area contributed by atoms with Gasteiger partial charge in [-0.25, -0.2) is 0 Å². The third-order valence-electron chi connectivity index (χ3n) is 9.41. The molecule has 0 spiro atoms. The van der Waals surface area contributed by atoms with Gasteiger partial charge in [-0.05, 0) is 71.0 Å². The van der Waals surface area contributed by atoms with Gasteiger partial charge in [-0.1, -0.05) is 52.8 Å². The number of hydrogen-bond donors (Lipinski definition) is 6. The minimum absolute atomic E-state index is 0.0832. The van der Waals surface area contributed by atoms with E-state index in [2.05, 4.69) is 44.3 Å². The van der Waals surface area contributed by atoms with Crippen LogP contribution in [0, 0.1) is 23.7 Å². The highest BCUT2D eigenvalue weighted by Crippen LogP contribution is 2.55. The lowest BCUT2D eigenvalue weighted by molar-refractivity contribution is -0.155. The Hall–Kier alpha value is -3.95. The first-order valence-corrected chi connectivity index (χ1v) is 14.9. The summed E-state index contributed by atoms with van der Waals surface area (Å²) in [6.07, 6.45) is 1.08. The number of phenols is 1. The molecule has 3 aliphatic carbocycles. The molecule has 7 N–H and O–H groups in total. The zero-order valence-electron chi connectivity index (χ0n) is 25.2. The number of ketones is 2. The number of benzene rings is 2. The summed E-state index contributed by atoms with van der Waals surface area (Å²) in [5.41, 5.74) is 6.55. The maximum atomic E-state index is 14.1. The van der Waals surface area contributed by atoms with Crippen molar-refractivity contribution in [1.82, 2.24) is 5.32 Å². The van der Waals surface area contributed by atoms with Gasteiger partial charge in [0.05, 0.1) is 5.56 Å². The normalized spacial score (nSPS) is 25.3. The van der Waals surface area contributed by atoms with Crippen LogP contribution in [0.2, 0.25) is 0 Å². The number of carbonyl (C=O) groups is 3. The summed E-state index contributed by atoms with van der Waals surface area (Å²) in [5, 5.41) is 48.9. The molecule has 43 heavy (non-hydrogen) atoms. The summed E-state index contributed by atoms with van der Waals surface area (Å²) in [6, 6.07) is 9.85. The fourth-order valence-corrected chi connectivity index (χ4v) is 7.35. The summed E-state index contributed by atoms with van der Waals surface area (Å²) in [5.74, 6) is -7.71. The lowest BCUT2D eigenvalue weighted by Gasteiger charge is -2.50. The number of primary amides is 1. The summed E-state index contributed by atoms with van der Waals surface area (Å²) in [4.78, 5) is 39.7. The summed E-state index contributed by atoms with van der Waals surface area (Å²) < 4.78 is 0. The standard InChI is InChI=1S/C34H40N2O7/c1-6-18-8-7-17(14-36-16(4)5)11-21(18)20-9-10-24(37)27-22(20)12-19-13-23-25(15(2)3)29(38)28(33(35)42)32(41)34(23,43)31(40)26(19)30(27)39/h7-11,15-16,19,23,25,36-37,39,41,43H,6,12-14H2,1-5H3,(H2,35,42)/t19-,23-,25-,34-/m0/s1. The molecule has 0 aromatic heterocycles. The van der Waals surface area contributed by atoms with Crippen molar-refractivity contribution < 1.29 is 34.8 Å². The van der Waals surface area contributed by atoms with E-state index >= 15 is 0 Å². The van der Waals surface area contributed by atoms with E-state index in [1.165, 1.54) is 6.07 Å². The average molecular weight is 589 g/mol. The first-order chi connectivity index (χ1) is 20.2. The van der Waals surface area contributed by atoms with E-state index in [1.54, 1.807) is 13.8 Å². The van der Waals surface area contributed by atoms with Gasteiger partial charge in [-0.2, -0.15) is 0 Å². The van der Waals surface area contributed by atoms with Gasteiger partial charge in [0.2, 0.25) is 5.78 Å². The number of hydrogen-bond acceptors (Lipinski definition) is 8. The maximum Gasteiger partial charge on any atom is 0.255 e. The van der Waals surface area contributed by atoms with Gasteiger partial charge in [0, 0.05) is 30.0 Å². The van der Waals surface area contributed by atoms with E-state index in [1.807, 2.05) is 6.07 Å². The number of phenolic OH excluding ortho intramolecular Hbond substituents is 1. The Bertz CT molecular complexity index is 1600. The number of aromatic hydroxyl groups is 1. The lowest BCUT2D eigenvalue weighted by atomic mass is 9.54. The Kier molecular flexibility index (Phi) is 7.77. The van der Waals surface area contributed by atoms with E-state index in [4.69, 9.17) is 5.73 Å². The van der Waals surface area contributed by atoms with Crippen molar-refractivity contribution in [1.29, 1.82) is 0 Å². The van der Waals surface area contributed by atoms with Crippen LogP contribution in [0.3, 0.4) is 0 Å². The second-order valence-corrected chi connectivity index (χ2v) is 12.7. The van der Waals surface area contributed by atoms with Crippen LogP contribution >= 0.6 is 0 Å². The molecule has 0 radical (unpaired) electrons. The number of aryl methyl sites for hydroxylation is 1. The van der Waals surface area contributed by atoms with E-state index in [9.17, 15) is 34.8 Å². The zero-order valence-corrected chi connectivity index (χ0v) is 25.2. The molecular formula is C34H40N2O7. The second kappa shape index (κ2) is 11.0. The van der Waals surface area contributed by atoms with Crippen LogP contribution in [-0.4, -0.2) is 49.5 Å². The summed E-state index contributed by atoms with van der Waals surface area (Å²) in [6.45, 7) is 10.4. The highest BCUT2D eigenvalue weighted by atomic mass is 16.3. The molecule has 0 aliphatic heterocycles. The van der Waals surface area contributed by atoms with Crippen LogP contribution in [0.1, 0.15) is 63.3 Å². The van der Waals surface area contributed by atoms with Crippen molar-refractivity contribution in [3.63, 3.8) is 0 Å². The molecule has 0 unspecified atom stereocenters. The molecule has 5 rings (SSSR count). The first kappa shape index (κ1) is 30.5. The van der Waals surface area contributed by atoms with Gasteiger partial charge in [-0.3, -0.25) is 14.4 Å². The molecule has 0 saturated heterocycles.